The molecule has 5 heteroatoms. The highest BCUT2D eigenvalue weighted by molar-refractivity contribution is 5.98. The number of nitrogens with zero attached hydrogens (tertiary/aromatic N) is 2. The lowest BCUT2D eigenvalue weighted by molar-refractivity contribution is 0.252. The van der Waals surface area contributed by atoms with E-state index in [0.29, 0.717) is 37.1 Å². The van der Waals surface area contributed by atoms with E-state index in [1.54, 1.807) is 0 Å². The SMILES string of the molecule is N#CC(C1=NCCO1)=C1NC(c2ccccc2)CO1. The van der Waals surface area contributed by atoms with Gasteiger partial charge in [0.2, 0.25) is 11.8 Å². The van der Waals surface area contributed by atoms with Crippen LogP contribution < -0.4 is 5.32 Å². The molecule has 3 rings (SSSR count). The van der Waals surface area contributed by atoms with Crippen molar-refractivity contribution >= 4 is 5.90 Å². The highest BCUT2D eigenvalue weighted by atomic mass is 16.5. The largest absolute Gasteiger partial charge is 0.476 e. The van der Waals surface area contributed by atoms with Crippen LogP contribution in [-0.4, -0.2) is 25.7 Å². The highest BCUT2D eigenvalue weighted by Crippen LogP contribution is 2.24. The molecule has 2 aliphatic heterocycles. The molecule has 1 unspecified atom stereocenters. The minimum atomic E-state index is 0.0570. The molecule has 0 spiro atoms. The summed E-state index contributed by atoms with van der Waals surface area (Å²) < 4.78 is 10.9. The van der Waals surface area contributed by atoms with Crippen LogP contribution in [0.1, 0.15) is 11.6 Å². The van der Waals surface area contributed by atoms with Gasteiger partial charge < -0.3 is 14.8 Å². The van der Waals surface area contributed by atoms with Crippen molar-refractivity contribution in [3.63, 3.8) is 0 Å². The molecule has 0 aromatic heterocycles. The standard InChI is InChI=1S/C14H13N3O2/c15-8-11(13-16-6-7-18-13)14-17-12(9-19-14)10-4-2-1-3-5-10/h1-5,12,17H,6-7,9H2. The number of hydrogen-bond acceptors (Lipinski definition) is 5. The van der Waals surface area contributed by atoms with Gasteiger partial charge in [0.05, 0.1) is 12.6 Å². The number of benzene rings is 1. The van der Waals surface area contributed by atoms with Crippen molar-refractivity contribution in [3.05, 3.63) is 47.4 Å². The van der Waals surface area contributed by atoms with Gasteiger partial charge >= 0.3 is 0 Å². The average molecular weight is 255 g/mol. The maximum Gasteiger partial charge on any atom is 0.232 e. The van der Waals surface area contributed by atoms with Gasteiger partial charge in [-0.15, -0.1) is 0 Å². The summed E-state index contributed by atoms with van der Waals surface area (Å²) in [6.45, 7) is 1.61. The van der Waals surface area contributed by atoms with Gasteiger partial charge in [-0.3, -0.25) is 0 Å². The van der Waals surface area contributed by atoms with Crippen LogP contribution in [0, 0.1) is 11.3 Å². The molecule has 0 radical (unpaired) electrons. The maximum atomic E-state index is 9.21. The molecular formula is C14H13N3O2. The second-order valence-corrected chi connectivity index (χ2v) is 4.27. The van der Waals surface area contributed by atoms with Crippen LogP contribution >= 0.6 is 0 Å². The lowest BCUT2D eigenvalue weighted by atomic mass is 10.1. The molecule has 5 nitrogen and oxygen atoms in total. The Hall–Kier alpha value is -2.48. The van der Waals surface area contributed by atoms with E-state index in [2.05, 4.69) is 16.4 Å². The number of nitriles is 1. The maximum absolute atomic E-state index is 9.21. The molecule has 19 heavy (non-hydrogen) atoms. The van der Waals surface area contributed by atoms with Gasteiger partial charge in [-0.25, -0.2) is 4.99 Å². The predicted molar refractivity (Wildman–Crippen MR) is 69.2 cm³/mol. The summed E-state index contributed by atoms with van der Waals surface area (Å²) in [4.78, 5) is 4.14. The second kappa shape index (κ2) is 5.02. The van der Waals surface area contributed by atoms with Crippen LogP contribution in [0.4, 0.5) is 0 Å². The Labute approximate surface area is 111 Å². The first-order valence-electron chi connectivity index (χ1n) is 6.15. The van der Waals surface area contributed by atoms with Gasteiger partial charge in [-0.05, 0) is 5.56 Å². The quantitative estimate of drug-likeness (QED) is 0.813. The fourth-order valence-electron chi connectivity index (χ4n) is 2.10. The smallest absolute Gasteiger partial charge is 0.232 e. The van der Waals surface area contributed by atoms with Crippen molar-refractivity contribution in [1.29, 1.82) is 5.26 Å². The molecule has 1 aromatic carbocycles. The van der Waals surface area contributed by atoms with Crippen molar-refractivity contribution in [2.45, 2.75) is 6.04 Å². The number of rotatable bonds is 2. The summed E-state index contributed by atoms with van der Waals surface area (Å²) in [5, 5.41) is 12.4. The molecule has 2 aliphatic rings. The van der Waals surface area contributed by atoms with Crippen LogP contribution in [-0.2, 0) is 9.47 Å². The molecule has 96 valence electrons. The van der Waals surface area contributed by atoms with Crippen LogP contribution in [0.5, 0.6) is 0 Å². The van der Waals surface area contributed by atoms with E-state index in [9.17, 15) is 5.26 Å². The van der Waals surface area contributed by atoms with E-state index in [1.165, 1.54) is 0 Å². The highest BCUT2D eigenvalue weighted by Gasteiger charge is 2.27. The normalized spacial score (nSPS) is 23.7. The molecule has 0 amide bonds. The molecule has 1 fully saturated rings. The molecule has 0 aliphatic carbocycles. The van der Waals surface area contributed by atoms with Crippen molar-refractivity contribution in [2.24, 2.45) is 4.99 Å². The Bertz CT molecular complexity index is 572. The fourth-order valence-corrected chi connectivity index (χ4v) is 2.10. The third-order valence-electron chi connectivity index (χ3n) is 3.04. The topological polar surface area (TPSA) is 66.6 Å². The zero-order chi connectivity index (χ0) is 13.1. The lowest BCUT2D eigenvalue weighted by Gasteiger charge is -2.08. The van der Waals surface area contributed by atoms with Gasteiger partial charge in [0, 0.05) is 0 Å². The van der Waals surface area contributed by atoms with E-state index in [0.717, 1.165) is 5.56 Å². The van der Waals surface area contributed by atoms with Gasteiger partial charge in [0.1, 0.15) is 19.3 Å². The number of nitrogens with one attached hydrogen (secondary N) is 1. The van der Waals surface area contributed by atoms with Gasteiger partial charge in [0.15, 0.2) is 5.57 Å². The van der Waals surface area contributed by atoms with Crippen molar-refractivity contribution in [1.82, 2.24) is 5.32 Å². The van der Waals surface area contributed by atoms with Crippen molar-refractivity contribution < 1.29 is 9.47 Å². The number of aliphatic imine (C=N–C) groups is 1. The van der Waals surface area contributed by atoms with Crippen molar-refractivity contribution in [3.8, 4) is 6.07 Å². The lowest BCUT2D eigenvalue weighted by Crippen LogP contribution is -2.17. The average Bonchev–Trinajstić information content (AvgIpc) is 3.12. The minimum Gasteiger partial charge on any atom is -0.476 e. The van der Waals surface area contributed by atoms with Gasteiger partial charge in [-0.1, -0.05) is 30.3 Å². The van der Waals surface area contributed by atoms with Crippen LogP contribution in [0.2, 0.25) is 0 Å². The first-order valence-corrected chi connectivity index (χ1v) is 6.15. The van der Waals surface area contributed by atoms with E-state index in [1.807, 2.05) is 30.3 Å². The third kappa shape index (κ3) is 2.25. The Morgan fingerprint density at radius 2 is 2.16 bits per heavy atom. The Morgan fingerprint density at radius 3 is 2.84 bits per heavy atom. The zero-order valence-electron chi connectivity index (χ0n) is 10.3. The predicted octanol–water partition coefficient (Wildman–Crippen LogP) is 1.51. The summed E-state index contributed by atoms with van der Waals surface area (Å²) in [6.07, 6.45) is 0. The first-order chi connectivity index (χ1) is 9.38. The van der Waals surface area contributed by atoms with Crippen molar-refractivity contribution in [2.75, 3.05) is 19.8 Å². The monoisotopic (exact) mass is 255 g/mol. The Balaban J connectivity index is 1.83. The number of hydrogen-bond donors (Lipinski definition) is 1. The minimum absolute atomic E-state index is 0.0570. The summed E-state index contributed by atoms with van der Waals surface area (Å²) in [5.41, 5.74) is 1.47. The number of ether oxygens (including phenoxy) is 2. The molecule has 1 atom stereocenters. The van der Waals surface area contributed by atoms with Gasteiger partial charge in [-0.2, -0.15) is 5.26 Å². The summed E-state index contributed by atoms with van der Waals surface area (Å²) >= 11 is 0. The second-order valence-electron chi connectivity index (χ2n) is 4.27. The van der Waals surface area contributed by atoms with Crippen LogP contribution in [0.25, 0.3) is 0 Å². The van der Waals surface area contributed by atoms with Crippen LogP contribution in [0.3, 0.4) is 0 Å². The summed E-state index contributed by atoms with van der Waals surface area (Å²) in [5.74, 6) is 0.829. The van der Waals surface area contributed by atoms with E-state index in [4.69, 9.17) is 9.47 Å². The molecule has 0 bridgehead atoms. The fraction of sp³-hybridized carbons (Fsp3) is 0.286. The summed E-state index contributed by atoms with van der Waals surface area (Å²) in [7, 11) is 0. The van der Waals surface area contributed by atoms with Gasteiger partial charge in [0.25, 0.3) is 0 Å². The van der Waals surface area contributed by atoms with E-state index >= 15 is 0 Å². The molecule has 1 aromatic rings. The third-order valence-corrected chi connectivity index (χ3v) is 3.04. The van der Waals surface area contributed by atoms with E-state index < -0.39 is 0 Å². The molecular weight excluding hydrogens is 242 g/mol. The summed E-state index contributed by atoms with van der Waals surface area (Å²) in [6, 6.07) is 12.1. The zero-order valence-corrected chi connectivity index (χ0v) is 10.3. The molecule has 0 saturated carbocycles. The Kier molecular flexibility index (Phi) is 3.07. The van der Waals surface area contributed by atoms with Crippen LogP contribution in [0.15, 0.2) is 46.8 Å². The molecule has 1 saturated heterocycles. The molecule has 1 N–H and O–H groups in total. The Morgan fingerprint density at radius 1 is 1.32 bits per heavy atom. The molecule has 2 heterocycles. The van der Waals surface area contributed by atoms with E-state index in [-0.39, 0.29) is 6.04 Å². The first kappa shape index (κ1) is 11.6.